The van der Waals surface area contributed by atoms with Gasteiger partial charge >= 0.3 is 0 Å². The highest BCUT2D eigenvalue weighted by Crippen LogP contribution is 2.09. The molecule has 6 nitrogen and oxygen atoms in total. The first-order valence-corrected chi connectivity index (χ1v) is 7.48. The molecule has 0 saturated carbocycles. The number of rotatable bonds is 8. The molecule has 0 radical (unpaired) electrons. The fraction of sp³-hybridized carbons (Fsp3) is 0.500. The Kier molecular flexibility index (Phi) is 7.39. The Labute approximate surface area is 132 Å². The van der Waals surface area contributed by atoms with E-state index in [1.165, 1.54) is 0 Å². The number of nitrogens with one attached hydrogen (secondary N) is 2. The van der Waals surface area contributed by atoms with E-state index in [2.05, 4.69) is 10.6 Å². The number of hydrogen-bond donors (Lipinski definition) is 3. The molecule has 0 aromatic heterocycles. The van der Waals surface area contributed by atoms with Gasteiger partial charge in [-0.15, -0.1) is 0 Å². The molecule has 1 aromatic carbocycles. The standard InChI is InChI=1S/C16H26N4O2/c1-12(2)15(17)16(22)19-11-14(21)18-9-10-20(3)13-7-5-4-6-8-13/h4-8,12,15H,9-11,17H2,1-3H3,(H,18,21)(H,19,22)/t15-/m0/s1. The SMILES string of the molecule is CC(C)[C@H](N)C(=O)NCC(=O)NCCN(C)c1ccccc1. The number of likely N-dealkylation sites (N-methyl/N-ethyl adjacent to an activating group) is 1. The molecule has 4 N–H and O–H groups in total. The summed E-state index contributed by atoms with van der Waals surface area (Å²) < 4.78 is 0. The molecule has 0 bridgehead atoms. The van der Waals surface area contributed by atoms with Crippen molar-refractivity contribution in [2.24, 2.45) is 11.7 Å². The van der Waals surface area contributed by atoms with Crippen molar-refractivity contribution in [3.8, 4) is 0 Å². The van der Waals surface area contributed by atoms with Crippen LogP contribution in [0.15, 0.2) is 30.3 Å². The van der Waals surface area contributed by atoms with E-state index < -0.39 is 6.04 Å². The Morgan fingerprint density at radius 2 is 1.82 bits per heavy atom. The van der Waals surface area contributed by atoms with Crippen molar-refractivity contribution in [2.75, 3.05) is 31.6 Å². The first kappa shape index (κ1) is 18.0. The second-order valence-electron chi connectivity index (χ2n) is 5.59. The Hall–Kier alpha value is -2.08. The predicted molar refractivity (Wildman–Crippen MR) is 88.5 cm³/mol. The highest BCUT2D eigenvalue weighted by molar-refractivity contribution is 5.87. The minimum absolute atomic E-state index is 0.0441. The molecule has 22 heavy (non-hydrogen) atoms. The molecule has 0 aliphatic heterocycles. The zero-order chi connectivity index (χ0) is 16.5. The smallest absolute Gasteiger partial charge is 0.239 e. The summed E-state index contributed by atoms with van der Waals surface area (Å²) in [6, 6.07) is 9.33. The molecule has 0 aliphatic carbocycles. The van der Waals surface area contributed by atoms with Gasteiger partial charge in [0, 0.05) is 25.8 Å². The molecule has 0 unspecified atom stereocenters. The molecule has 122 valence electrons. The average Bonchev–Trinajstić information content (AvgIpc) is 2.52. The highest BCUT2D eigenvalue weighted by atomic mass is 16.2. The molecule has 1 rings (SSSR count). The van der Waals surface area contributed by atoms with Gasteiger partial charge in [-0.25, -0.2) is 0 Å². The van der Waals surface area contributed by atoms with E-state index in [0.29, 0.717) is 13.1 Å². The van der Waals surface area contributed by atoms with Gasteiger partial charge in [-0.3, -0.25) is 9.59 Å². The van der Waals surface area contributed by atoms with Crippen LogP contribution in [0.5, 0.6) is 0 Å². The number of hydrogen-bond acceptors (Lipinski definition) is 4. The molecule has 0 spiro atoms. The third-order valence-electron chi connectivity index (χ3n) is 3.41. The molecular formula is C16H26N4O2. The normalized spacial score (nSPS) is 11.9. The van der Waals surface area contributed by atoms with Crippen LogP contribution >= 0.6 is 0 Å². The Morgan fingerprint density at radius 3 is 2.41 bits per heavy atom. The van der Waals surface area contributed by atoms with Crippen LogP contribution in [0, 0.1) is 5.92 Å². The van der Waals surface area contributed by atoms with Gasteiger partial charge in [-0.1, -0.05) is 32.0 Å². The van der Waals surface area contributed by atoms with Crippen LogP contribution in [0.25, 0.3) is 0 Å². The van der Waals surface area contributed by atoms with Crippen LogP contribution in [-0.4, -0.2) is 44.5 Å². The topological polar surface area (TPSA) is 87.5 Å². The number of carbonyl (C=O) groups is 2. The van der Waals surface area contributed by atoms with Crippen molar-refractivity contribution >= 4 is 17.5 Å². The predicted octanol–water partition coefficient (Wildman–Crippen LogP) is 0.339. The third kappa shape index (κ3) is 6.13. The summed E-state index contributed by atoms with van der Waals surface area (Å²) >= 11 is 0. The fourth-order valence-electron chi connectivity index (χ4n) is 1.83. The van der Waals surface area contributed by atoms with E-state index in [4.69, 9.17) is 5.73 Å². The zero-order valence-electron chi connectivity index (χ0n) is 13.5. The number of nitrogens with two attached hydrogens (primary N) is 1. The minimum atomic E-state index is -0.586. The Balaban J connectivity index is 2.22. The summed E-state index contributed by atoms with van der Waals surface area (Å²) in [5, 5.41) is 5.31. The summed E-state index contributed by atoms with van der Waals surface area (Å²) in [6.07, 6.45) is 0. The van der Waals surface area contributed by atoms with E-state index in [9.17, 15) is 9.59 Å². The molecule has 0 aliphatic rings. The summed E-state index contributed by atoms with van der Waals surface area (Å²) in [5.74, 6) is -0.472. The van der Waals surface area contributed by atoms with Crippen LogP contribution < -0.4 is 21.3 Å². The van der Waals surface area contributed by atoms with Gasteiger partial charge in [0.05, 0.1) is 12.6 Å². The summed E-state index contributed by atoms with van der Waals surface area (Å²) in [7, 11) is 1.96. The van der Waals surface area contributed by atoms with E-state index in [1.54, 1.807) is 0 Å². The monoisotopic (exact) mass is 306 g/mol. The first-order chi connectivity index (χ1) is 10.4. The van der Waals surface area contributed by atoms with Gasteiger partial charge in [0.25, 0.3) is 0 Å². The first-order valence-electron chi connectivity index (χ1n) is 7.48. The lowest BCUT2D eigenvalue weighted by molar-refractivity contribution is -0.127. The molecule has 1 atom stereocenters. The van der Waals surface area contributed by atoms with Crippen molar-refractivity contribution in [3.05, 3.63) is 30.3 Å². The number of anilines is 1. The quantitative estimate of drug-likeness (QED) is 0.646. The maximum absolute atomic E-state index is 11.7. The molecule has 2 amide bonds. The summed E-state index contributed by atoms with van der Waals surface area (Å²) in [4.78, 5) is 25.4. The lowest BCUT2D eigenvalue weighted by Gasteiger charge is -2.19. The van der Waals surface area contributed by atoms with Crippen molar-refractivity contribution in [2.45, 2.75) is 19.9 Å². The zero-order valence-corrected chi connectivity index (χ0v) is 13.5. The van der Waals surface area contributed by atoms with E-state index in [-0.39, 0.29) is 24.3 Å². The van der Waals surface area contributed by atoms with Gasteiger partial charge in [0.15, 0.2) is 0 Å². The fourth-order valence-corrected chi connectivity index (χ4v) is 1.83. The highest BCUT2D eigenvalue weighted by Gasteiger charge is 2.17. The molecule has 0 fully saturated rings. The van der Waals surface area contributed by atoms with Crippen LogP contribution in [0.3, 0.4) is 0 Å². The van der Waals surface area contributed by atoms with Crippen LogP contribution in [-0.2, 0) is 9.59 Å². The average molecular weight is 306 g/mol. The van der Waals surface area contributed by atoms with Gasteiger partial charge in [0.2, 0.25) is 11.8 Å². The van der Waals surface area contributed by atoms with Crippen LogP contribution in [0.2, 0.25) is 0 Å². The summed E-state index contributed by atoms with van der Waals surface area (Å²) in [5.41, 5.74) is 6.79. The van der Waals surface area contributed by atoms with Crippen molar-refractivity contribution in [3.63, 3.8) is 0 Å². The van der Waals surface area contributed by atoms with Crippen molar-refractivity contribution in [1.82, 2.24) is 10.6 Å². The number of amides is 2. The van der Waals surface area contributed by atoms with Gasteiger partial charge in [-0.2, -0.15) is 0 Å². The molecule has 0 heterocycles. The van der Waals surface area contributed by atoms with Crippen LogP contribution in [0.1, 0.15) is 13.8 Å². The lowest BCUT2D eigenvalue weighted by Crippen LogP contribution is -2.47. The molecule has 1 aromatic rings. The largest absolute Gasteiger partial charge is 0.373 e. The Morgan fingerprint density at radius 1 is 1.18 bits per heavy atom. The summed E-state index contributed by atoms with van der Waals surface area (Å²) in [6.45, 7) is 4.88. The second kappa shape index (κ2) is 9.04. The maximum Gasteiger partial charge on any atom is 0.239 e. The minimum Gasteiger partial charge on any atom is -0.373 e. The van der Waals surface area contributed by atoms with E-state index >= 15 is 0 Å². The number of carbonyl (C=O) groups excluding carboxylic acids is 2. The maximum atomic E-state index is 11.7. The molecular weight excluding hydrogens is 280 g/mol. The van der Waals surface area contributed by atoms with Crippen molar-refractivity contribution in [1.29, 1.82) is 0 Å². The van der Waals surface area contributed by atoms with Crippen molar-refractivity contribution < 1.29 is 9.59 Å². The van der Waals surface area contributed by atoms with Gasteiger partial charge in [-0.05, 0) is 18.1 Å². The third-order valence-corrected chi connectivity index (χ3v) is 3.41. The Bertz CT molecular complexity index is 476. The van der Waals surface area contributed by atoms with Crippen LogP contribution in [0.4, 0.5) is 5.69 Å². The van der Waals surface area contributed by atoms with Gasteiger partial charge < -0.3 is 21.3 Å². The number of nitrogens with zero attached hydrogens (tertiary/aromatic N) is 1. The second-order valence-corrected chi connectivity index (χ2v) is 5.59. The molecule has 0 saturated heterocycles. The van der Waals surface area contributed by atoms with E-state index in [0.717, 1.165) is 5.69 Å². The van der Waals surface area contributed by atoms with Gasteiger partial charge in [0.1, 0.15) is 0 Å². The number of para-hydroxylation sites is 1. The lowest BCUT2D eigenvalue weighted by atomic mass is 10.1. The van der Waals surface area contributed by atoms with E-state index in [1.807, 2.05) is 56.1 Å². The molecule has 6 heteroatoms. The number of benzene rings is 1.